The van der Waals surface area contributed by atoms with E-state index in [4.69, 9.17) is 4.74 Å². The first-order valence-corrected chi connectivity index (χ1v) is 18.5. The minimum absolute atomic E-state index is 0.151. The van der Waals surface area contributed by atoms with Gasteiger partial charge in [-0.1, -0.05) is 0 Å². The van der Waals surface area contributed by atoms with Crippen LogP contribution in [-0.2, 0) is 0 Å². The number of ether oxygens (including phenoxy) is 1. The van der Waals surface area contributed by atoms with Gasteiger partial charge in [-0.15, -0.1) is 0 Å². The Kier molecular flexibility index (Phi) is 4.87. The maximum absolute atomic E-state index is 13.9. The van der Waals surface area contributed by atoms with Crippen LogP contribution in [0.5, 0.6) is 5.75 Å². The average Bonchev–Trinajstić information content (AvgIpc) is 2.67. The van der Waals surface area contributed by atoms with Crippen LogP contribution in [0.2, 0.25) is 14.8 Å². The standard InChI is InChI=1S/C14H11BrFN2O.3CH3.Sn/c15-10-7-13-14(18-8-10)17-5-4-12(19-13)9-2-1-3-11(16)6-9;;;;/h1,3,6-8,12H,4-5H2,(H,17,18);3*1H3;/t12-;;;;/m1..../s1. The Balaban J connectivity index is 2.03. The number of nitrogens with one attached hydrogen (secondary N) is 1. The van der Waals surface area contributed by atoms with Crippen LogP contribution < -0.4 is 13.6 Å². The number of rotatable bonds is 2. The van der Waals surface area contributed by atoms with Crippen LogP contribution in [0.25, 0.3) is 0 Å². The fourth-order valence-corrected chi connectivity index (χ4v) is 7.99. The second-order valence-corrected chi connectivity index (χ2v) is 22.1. The number of aromatic nitrogens is 1. The van der Waals surface area contributed by atoms with E-state index in [1.807, 2.05) is 12.1 Å². The van der Waals surface area contributed by atoms with Gasteiger partial charge < -0.3 is 0 Å². The topological polar surface area (TPSA) is 34.2 Å². The van der Waals surface area contributed by atoms with Crippen LogP contribution in [0, 0.1) is 5.82 Å². The summed E-state index contributed by atoms with van der Waals surface area (Å²) in [7, 11) is 0. The number of pyridine rings is 1. The van der Waals surface area contributed by atoms with E-state index in [2.05, 4.69) is 41.0 Å². The van der Waals surface area contributed by atoms with Crippen LogP contribution in [0.15, 0.2) is 34.9 Å². The molecule has 6 heteroatoms. The first kappa shape index (κ1) is 17.0. The molecule has 0 fully saturated rings. The van der Waals surface area contributed by atoms with Gasteiger partial charge in [0.15, 0.2) is 0 Å². The predicted octanol–water partition coefficient (Wildman–Crippen LogP) is 4.46. The van der Waals surface area contributed by atoms with Crippen molar-refractivity contribution in [3.8, 4) is 5.75 Å². The molecule has 3 rings (SSSR count). The van der Waals surface area contributed by atoms with Gasteiger partial charge in [-0.25, -0.2) is 0 Å². The maximum atomic E-state index is 13.9. The van der Waals surface area contributed by atoms with Gasteiger partial charge in [0.1, 0.15) is 0 Å². The Morgan fingerprint density at radius 1 is 1.30 bits per heavy atom. The molecule has 2 aromatic rings. The van der Waals surface area contributed by atoms with E-state index < -0.39 is 18.4 Å². The van der Waals surface area contributed by atoms with Crippen LogP contribution in [0.3, 0.4) is 0 Å². The van der Waals surface area contributed by atoms with Crippen molar-refractivity contribution in [1.82, 2.24) is 4.98 Å². The molecule has 23 heavy (non-hydrogen) atoms. The number of anilines is 1. The second kappa shape index (κ2) is 6.59. The first-order chi connectivity index (χ1) is 10.8. The van der Waals surface area contributed by atoms with E-state index in [-0.39, 0.29) is 11.9 Å². The summed E-state index contributed by atoms with van der Waals surface area (Å²) in [6, 6.07) is 7.09. The normalized spacial score (nSPS) is 17.7. The molecule has 0 spiro atoms. The van der Waals surface area contributed by atoms with Gasteiger partial charge in [-0.3, -0.25) is 0 Å². The van der Waals surface area contributed by atoms with Crippen LogP contribution >= 0.6 is 15.9 Å². The van der Waals surface area contributed by atoms with Gasteiger partial charge in [0, 0.05) is 0 Å². The molecule has 0 amide bonds. The molecule has 3 nitrogen and oxygen atoms in total. The van der Waals surface area contributed by atoms with Crippen molar-refractivity contribution in [1.29, 1.82) is 0 Å². The molecule has 122 valence electrons. The Labute approximate surface area is 148 Å². The first-order valence-electron chi connectivity index (χ1n) is 7.70. The number of benzene rings is 1. The van der Waals surface area contributed by atoms with Crippen LogP contribution in [0.4, 0.5) is 10.2 Å². The molecule has 1 aromatic heterocycles. The SMILES string of the molecule is [CH3][Sn]([CH3])([CH3])[c]1ccc(F)cc1[C@H]1CCNc2ncc(Br)cc2O1. The van der Waals surface area contributed by atoms with Crippen molar-refractivity contribution >= 4 is 43.7 Å². The fourth-order valence-electron chi connectivity index (χ4n) is 2.88. The van der Waals surface area contributed by atoms with E-state index in [0.717, 1.165) is 28.8 Å². The van der Waals surface area contributed by atoms with Crippen molar-refractivity contribution in [2.75, 3.05) is 11.9 Å². The molecule has 0 bridgehead atoms. The van der Waals surface area contributed by atoms with Crippen molar-refractivity contribution in [2.24, 2.45) is 0 Å². The Morgan fingerprint density at radius 2 is 2.09 bits per heavy atom. The van der Waals surface area contributed by atoms with Gasteiger partial charge in [-0.2, -0.15) is 0 Å². The van der Waals surface area contributed by atoms with E-state index in [9.17, 15) is 4.39 Å². The molecule has 0 unspecified atom stereocenters. The number of halogens is 2. The summed E-state index contributed by atoms with van der Waals surface area (Å²) in [5, 5.41) is 3.29. The fraction of sp³-hybridized carbons (Fsp3) is 0.353. The molecule has 1 atom stereocenters. The summed E-state index contributed by atoms with van der Waals surface area (Å²) in [6.45, 7) is 0.752. The summed E-state index contributed by atoms with van der Waals surface area (Å²) in [6.07, 6.45) is 2.38. The summed E-state index contributed by atoms with van der Waals surface area (Å²) >= 11 is 1.06. The van der Waals surface area contributed by atoms with Gasteiger partial charge in [0.05, 0.1) is 0 Å². The Morgan fingerprint density at radius 3 is 2.83 bits per heavy atom. The summed E-state index contributed by atoms with van der Waals surface area (Å²) < 4.78 is 22.3. The summed E-state index contributed by atoms with van der Waals surface area (Å²) in [5.41, 5.74) is 1.00. The Hall–Kier alpha value is -0.821. The predicted molar refractivity (Wildman–Crippen MR) is 97.8 cm³/mol. The number of nitrogens with zero attached hydrogens (tertiary/aromatic N) is 1. The van der Waals surface area contributed by atoms with E-state index >= 15 is 0 Å². The molecule has 0 saturated heterocycles. The molecular formula is C17H20BrFN2OSn. The zero-order valence-electron chi connectivity index (χ0n) is 13.5. The quantitative estimate of drug-likeness (QED) is 0.638. The molecular weight excluding hydrogens is 466 g/mol. The number of hydrogen-bond acceptors (Lipinski definition) is 3. The monoisotopic (exact) mass is 486 g/mol. The average molecular weight is 486 g/mol. The van der Waals surface area contributed by atoms with E-state index in [1.54, 1.807) is 18.3 Å². The van der Waals surface area contributed by atoms with E-state index in [1.165, 1.54) is 3.58 Å². The van der Waals surface area contributed by atoms with Gasteiger partial charge in [0.2, 0.25) is 0 Å². The van der Waals surface area contributed by atoms with Crippen molar-refractivity contribution < 1.29 is 9.13 Å². The molecule has 0 radical (unpaired) electrons. The molecule has 1 aliphatic heterocycles. The Bertz CT molecular complexity index is 733. The van der Waals surface area contributed by atoms with Crippen molar-refractivity contribution in [3.05, 3.63) is 46.3 Å². The van der Waals surface area contributed by atoms with E-state index in [0.29, 0.717) is 5.75 Å². The third-order valence-corrected chi connectivity index (χ3v) is 10.3. The molecule has 1 aromatic carbocycles. The van der Waals surface area contributed by atoms with Gasteiger partial charge in [0.25, 0.3) is 0 Å². The number of hydrogen-bond donors (Lipinski definition) is 1. The summed E-state index contributed by atoms with van der Waals surface area (Å²) in [5.74, 6) is 1.25. The zero-order valence-corrected chi connectivity index (χ0v) is 17.9. The summed E-state index contributed by atoms with van der Waals surface area (Å²) in [4.78, 5) is 11.4. The molecule has 1 aliphatic rings. The number of fused-ring (bicyclic) bond motifs is 1. The molecule has 1 N–H and O–H groups in total. The van der Waals surface area contributed by atoms with Gasteiger partial charge in [-0.05, 0) is 0 Å². The third-order valence-electron chi connectivity index (χ3n) is 3.96. The molecule has 2 heterocycles. The molecule has 0 aliphatic carbocycles. The third kappa shape index (κ3) is 3.82. The minimum atomic E-state index is -2.37. The second-order valence-electron chi connectivity index (χ2n) is 6.80. The molecule has 0 saturated carbocycles. The zero-order chi connectivity index (χ0) is 16.6. The van der Waals surface area contributed by atoms with Crippen molar-refractivity contribution in [2.45, 2.75) is 27.3 Å². The van der Waals surface area contributed by atoms with Crippen LogP contribution in [0.1, 0.15) is 18.1 Å². The van der Waals surface area contributed by atoms with Crippen molar-refractivity contribution in [3.63, 3.8) is 0 Å². The van der Waals surface area contributed by atoms with Crippen LogP contribution in [-0.4, -0.2) is 29.9 Å². The van der Waals surface area contributed by atoms with Gasteiger partial charge >= 0.3 is 149 Å².